The van der Waals surface area contributed by atoms with Crippen molar-refractivity contribution in [3.05, 3.63) is 0 Å². The normalized spacial score (nSPS) is 13.0. The van der Waals surface area contributed by atoms with Crippen molar-refractivity contribution >= 4 is 12.0 Å². The minimum Gasteiger partial charge on any atom is -0.481 e. The Kier molecular flexibility index (Phi) is 5.99. The summed E-state index contributed by atoms with van der Waals surface area (Å²) in [7, 11) is 1.74. The van der Waals surface area contributed by atoms with Crippen LogP contribution in [0.3, 0.4) is 0 Å². The van der Waals surface area contributed by atoms with Gasteiger partial charge in [-0.3, -0.25) is 4.79 Å². The number of aliphatic carboxylic acids is 1. The first kappa shape index (κ1) is 15.7. The van der Waals surface area contributed by atoms with Crippen LogP contribution >= 0.6 is 0 Å². The Hall–Kier alpha value is -1.26. The highest BCUT2D eigenvalue weighted by Gasteiger charge is 2.18. The Bertz CT molecular complexity index is 271. The van der Waals surface area contributed by atoms with E-state index < -0.39 is 5.97 Å². The molecule has 0 aromatic carbocycles. The Morgan fingerprint density at radius 2 is 1.88 bits per heavy atom. The summed E-state index contributed by atoms with van der Waals surface area (Å²) in [5.74, 6) is -0.839. The Morgan fingerprint density at radius 1 is 1.35 bits per heavy atom. The molecule has 0 aliphatic carbocycles. The van der Waals surface area contributed by atoms with Gasteiger partial charge in [0.05, 0.1) is 0 Å². The largest absolute Gasteiger partial charge is 0.481 e. The summed E-state index contributed by atoms with van der Waals surface area (Å²) in [6.07, 6.45) is 0.523. The zero-order valence-corrected chi connectivity index (χ0v) is 11.4. The van der Waals surface area contributed by atoms with Crippen LogP contribution in [0.2, 0.25) is 0 Å². The summed E-state index contributed by atoms with van der Waals surface area (Å²) in [6, 6.07) is -0.279. The molecule has 0 fully saturated rings. The van der Waals surface area contributed by atoms with Gasteiger partial charge in [0.15, 0.2) is 0 Å². The van der Waals surface area contributed by atoms with Crippen LogP contribution in [0.5, 0.6) is 0 Å². The van der Waals surface area contributed by atoms with Crippen LogP contribution in [0.4, 0.5) is 4.79 Å². The maximum atomic E-state index is 11.7. The molecule has 0 aromatic rings. The third-order valence-electron chi connectivity index (χ3n) is 2.22. The third-order valence-corrected chi connectivity index (χ3v) is 2.22. The van der Waals surface area contributed by atoms with E-state index in [1.807, 2.05) is 6.92 Å². The quantitative estimate of drug-likeness (QED) is 0.776. The van der Waals surface area contributed by atoms with Crippen LogP contribution in [-0.4, -0.2) is 41.6 Å². The second-order valence-electron chi connectivity index (χ2n) is 5.70. The average molecular weight is 244 g/mol. The summed E-state index contributed by atoms with van der Waals surface area (Å²) in [5.41, 5.74) is 0.0520. The molecule has 0 saturated heterocycles. The van der Waals surface area contributed by atoms with Crippen molar-refractivity contribution in [2.75, 3.05) is 13.6 Å². The average Bonchev–Trinajstić information content (AvgIpc) is 2.11. The Labute approximate surface area is 103 Å². The van der Waals surface area contributed by atoms with Crippen LogP contribution in [-0.2, 0) is 4.79 Å². The fourth-order valence-electron chi connectivity index (χ4n) is 1.52. The first-order valence-corrected chi connectivity index (χ1v) is 5.85. The standard InChI is InChI=1S/C12H24N2O3/c1-9(6-7-10(15)16)13-11(17)14(5)8-12(2,3)4/h9H,6-8H2,1-5H3,(H,13,17)(H,15,16). The molecule has 0 spiro atoms. The Morgan fingerprint density at radius 3 is 2.29 bits per heavy atom. The van der Waals surface area contributed by atoms with E-state index in [4.69, 9.17) is 5.11 Å². The molecule has 1 atom stereocenters. The summed E-state index contributed by atoms with van der Waals surface area (Å²) in [4.78, 5) is 23.8. The van der Waals surface area contributed by atoms with Gasteiger partial charge >= 0.3 is 12.0 Å². The van der Waals surface area contributed by atoms with E-state index in [2.05, 4.69) is 26.1 Å². The highest BCUT2D eigenvalue weighted by molar-refractivity contribution is 5.74. The van der Waals surface area contributed by atoms with Crippen molar-refractivity contribution in [2.45, 2.75) is 46.6 Å². The molecule has 1 unspecified atom stereocenters. The zero-order chi connectivity index (χ0) is 13.6. The second-order valence-corrected chi connectivity index (χ2v) is 5.70. The van der Waals surface area contributed by atoms with Crippen LogP contribution in [0.25, 0.3) is 0 Å². The van der Waals surface area contributed by atoms with Crippen molar-refractivity contribution in [1.82, 2.24) is 10.2 Å². The lowest BCUT2D eigenvalue weighted by Gasteiger charge is -2.28. The highest BCUT2D eigenvalue weighted by atomic mass is 16.4. The molecular formula is C12H24N2O3. The fourth-order valence-corrected chi connectivity index (χ4v) is 1.52. The molecule has 0 saturated carbocycles. The van der Waals surface area contributed by atoms with Gasteiger partial charge in [0.1, 0.15) is 0 Å². The van der Waals surface area contributed by atoms with E-state index in [-0.39, 0.29) is 23.9 Å². The maximum Gasteiger partial charge on any atom is 0.317 e. The number of carbonyl (C=O) groups is 2. The zero-order valence-electron chi connectivity index (χ0n) is 11.4. The lowest BCUT2D eigenvalue weighted by molar-refractivity contribution is -0.137. The van der Waals surface area contributed by atoms with Gasteiger partial charge in [-0.15, -0.1) is 0 Å². The van der Waals surface area contributed by atoms with Crippen molar-refractivity contribution in [1.29, 1.82) is 0 Å². The molecule has 0 aliphatic rings. The number of nitrogens with one attached hydrogen (secondary N) is 1. The van der Waals surface area contributed by atoms with Gasteiger partial charge in [-0.1, -0.05) is 20.8 Å². The van der Waals surface area contributed by atoms with Crippen molar-refractivity contribution in [2.24, 2.45) is 5.41 Å². The van der Waals surface area contributed by atoms with Gasteiger partial charge in [0.2, 0.25) is 0 Å². The molecule has 0 aliphatic heterocycles. The first-order valence-electron chi connectivity index (χ1n) is 5.85. The van der Waals surface area contributed by atoms with Gasteiger partial charge in [-0.25, -0.2) is 4.79 Å². The van der Waals surface area contributed by atoms with Gasteiger partial charge in [-0.05, 0) is 18.8 Å². The number of hydrogen-bond acceptors (Lipinski definition) is 2. The summed E-state index contributed by atoms with van der Waals surface area (Å²) < 4.78 is 0. The Balaban J connectivity index is 4.03. The molecule has 5 nitrogen and oxygen atoms in total. The van der Waals surface area contributed by atoms with Crippen molar-refractivity contribution < 1.29 is 14.7 Å². The number of nitrogens with zero attached hydrogens (tertiary/aromatic N) is 1. The van der Waals surface area contributed by atoms with E-state index in [1.165, 1.54) is 0 Å². The molecule has 17 heavy (non-hydrogen) atoms. The van der Waals surface area contributed by atoms with Gasteiger partial charge in [0, 0.05) is 26.1 Å². The summed E-state index contributed by atoms with van der Waals surface area (Å²) in [6.45, 7) is 8.65. The minimum atomic E-state index is -0.839. The van der Waals surface area contributed by atoms with E-state index in [0.29, 0.717) is 13.0 Å². The minimum absolute atomic E-state index is 0.0520. The van der Waals surface area contributed by atoms with Crippen LogP contribution < -0.4 is 5.32 Å². The van der Waals surface area contributed by atoms with Gasteiger partial charge in [0.25, 0.3) is 0 Å². The fraction of sp³-hybridized carbons (Fsp3) is 0.833. The number of hydrogen-bond donors (Lipinski definition) is 2. The van der Waals surface area contributed by atoms with Crippen LogP contribution in [0.15, 0.2) is 0 Å². The van der Waals surface area contributed by atoms with E-state index in [1.54, 1.807) is 11.9 Å². The van der Waals surface area contributed by atoms with Crippen LogP contribution in [0, 0.1) is 5.41 Å². The second kappa shape index (κ2) is 6.47. The summed E-state index contributed by atoms with van der Waals surface area (Å²) >= 11 is 0. The molecule has 100 valence electrons. The lowest BCUT2D eigenvalue weighted by atomic mass is 9.96. The van der Waals surface area contributed by atoms with Gasteiger partial charge in [-0.2, -0.15) is 0 Å². The van der Waals surface area contributed by atoms with E-state index in [9.17, 15) is 9.59 Å². The predicted molar refractivity (Wildman–Crippen MR) is 66.9 cm³/mol. The number of amides is 2. The van der Waals surface area contributed by atoms with E-state index >= 15 is 0 Å². The molecule has 0 radical (unpaired) electrons. The molecule has 5 heteroatoms. The van der Waals surface area contributed by atoms with Crippen molar-refractivity contribution in [3.63, 3.8) is 0 Å². The highest BCUT2D eigenvalue weighted by Crippen LogP contribution is 2.14. The molecule has 0 bridgehead atoms. The summed E-state index contributed by atoms with van der Waals surface area (Å²) in [5, 5.41) is 11.3. The molecule has 0 heterocycles. The molecule has 2 amide bonds. The number of carboxylic acid groups (broad SMARTS) is 1. The first-order chi connectivity index (χ1) is 7.61. The maximum absolute atomic E-state index is 11.7. The molecule has 2 N–H and O–H groups in total. The lowest BCUT2D eigenvalue weighted by Crippen LogP contribution is -2.44. The predicted octanol–water partition coefficient (Wildman–Crippen LogP) is 1.93. The van der Waals surface area contributed by atoms with Crippen molar-refractivity contribution in [3.8, 4) is 0 Å². The number of carbonyl (C=O) groups excluding carboxylic acids is 1. The number of carboxylic acids is 1. The molecular weight excluding hydrogens is 220 g/mol. The molecule has 0 rings (SSSR count). The number of rotatable bonds is 5. The van der Waals surface area contributed by atoms with Gasteiger partial charge < -0.3 is 15.3 Å². The monoisotopic (exact) mass is 244 g/mol. The SMILES string of the molecule is CC(CCC(=O)O)NC(=O)N(C)CC(C)(C)C. The molecule has 0 aromatic heterocycles. The van der Waals surface area contributed by atoms with Crippen LogP contribution in [0.1, 0.15) is 40.5 Å². The number of urea groups is 1. The smallest absolute Gasteiger partial charge is 0.317 e. The third kappa shape index (κ3) is 8.54. The topological polar surface area (TPSA) is 69.6 Å². The van der Waals surface area contributed by atoms with E-state index in [0.717, 1.165) is 0 Å².